The number of ether oxygens (including phenoxy) is 1. The summed E-state index contributed by atoms with van der Waals surface area (Å²) in [7, 11) is 1.59. The van der Waals surface area contributed by atoms with Gasteiger partial charge in [-0.2, -0.15) is 0 Å². The van der Waals surface area contributed by atoms with Crippen LogP contribution < -0.4 is 4.74 Å². The lowest BCUT2D eigenvalue weighted by Gasteiger charge is -2.39. The highest BCUT2D eigenvalue weighted by Crippen LogP contribution is 2.30. The first-order valence-electron chi connectivity index (χ1n) is 11.5. The van der Waals surface area contributed by atoms with E-state index in [1.165, 1.54) is 0 Å². The molecule has 8 heteroatoms. The van der Waals surface area contributed by atoms with E-state index >= 15 is 0 Å². The van der Waals surface area contributed by atoms with Gasteiger partial charge in [-0.3, -0.25) is 14.4 Å². The summed E-state index contributed by atoms with van der Waals surface area (Å²) in [6.45, 7) is 6.94. The van der Waals surface area contributed by atoms with Crippen molar-refractivity contribution in [3.05, 3.63) is 29.8 Å². The van der Waals surface area contributed by atoms with E-state index in [4.69, 9.17) is 4.74 Å². The first-order valence-corrected chi connectivity index (χ1v) is 11.5. The minimum Gasteiger partial charge on any atom is -0.497 e. The number of carboxylic acids is 1. The molecular weight excluding hydrogens is 410 g/mol. The number of carboxylic acid groups (broad SMARTS) is 1. The Labute approximate surface area is 190 Å². The standard InChI is InChI=1S/C24H35N3O5/c1-18(28)26-11-3-10-25(14-15-26)12-8-21-17-27(13-9-20(21)16-23(29)30)24(31)19-4-6-22(32-2)7-5-19/h4-7,20-21H,3,8-17H2,1-2H3,(H,29,30)/t20-,21+/m0/s1. The summed E-state index contributed by atoms with van der Waals surface area (Å²) in [4.78, 5) is 42.3. The van der Waals surface area contributed by atoms with Crippen LogP contribution in [0, 0.1) is 11.8 Å². The first kappa shape index (κ1) is 24.0. The fourth-order valence-electron chi connectivity index (χ4n) is 4.86. The summed E-state index contributed by atoms with van der Waals surface area (Å²) in [6, 6.07) is 7.12. The predicted octanol–water partition coefficient (Wildman–Crippen LogP) is 2.19. The second-order valence-electron chi connectivity index (χ2n) is 8.88. The van der Waals surface area contributed by atoms with E-state index in [-0.39, 0.29) is 30.1 Å². The van der Waals surface area contributed by atoms with Gasteiger partial charge in [-0.25, -0.2) is 0 Å². The number of methoxy groups -OCH3 is 1. The number of benzene rings is 1. The minimum atomic E-state index is -0.776. The van der Waals surface area contributed by atoms with E-state index in [1.807, 2.05) is 9.80 Å². The third kappa shape index (κ3) is 6.45. The van der Waals surface area contributed by atoms with Crippen LogP contribution >= 0.6 is 0 Å². The summed E-state index contributed by atoms with van der Waals surface area (Å²) in [5, 5.41) is 9.38. The van der Waals surface area contributed by atoms with E-state index in [2.05, 4.69) is 4.90 Å². The highest BCUT2D eigenvalue weighted by atomic mass is 16.5. The van der Waals surface area contributed by atoms with Gasteiger partial charge < -0.3 is 24.5 Å². The molecule has 2 atom stereocenters. The van der Waals surface area contributed by atoms with Gasteiger partial charge in [0, 0.05) is 51.6 Å². The van der Waals surface area contributed by atoms with E-state index < -0.39 is 5.97 Å². The molecule has 0 saturated carbocycles. The molecule has 2 heterocycles. The Bertz CT molecular complexity index is 797. The number of hydrogen-bond acceptors (Lipinski definition) is 5. The number of likely N-dealkylation sites (tertiary alicyclic amines) is 1. The molecule has 1 aromatic rings. The van der Waals surface area contributed by atoms with Gasteiger partial charge in [-0.1, -0.05) is 0 Å². The number of nitrogens with zero attached hydrogens (tertiary/aromatic N) is 3. The fourth-order valence-corrected chi connectivity index (χ4v) is 4.86. The lowest BCUT2D eigenvalue weighted by atomic mass is 9.81. The molecule has 176 valence electrons. The summed E-state index contributed by atoms with van der Waals surface area (Å²) in [5.41, 5.74) is 0.623. The van der Waals surface area contributed by atoms with Crippen LogP contribution in [0.25, 0.3) is 0 Å². The quantitative estimate of drug-likeness (QED) is 0.692. The van der Waals surface area contributed by atoms with Crippen LogP contribution in [0.2, 0.25) is 0 Å². The van der Waals surface area contributed by atoms with Gasteiger partial charge >= 0.3 is 5.97 Å². The van der Waals surface area contributed by atoms with Crippen molar-refractivity contribution in [1.82, 2.24) is 14.7 Å². The second kappa shape index (κ2) is 11.3. The molecule has 0 radical (unpaired) electrons. The van der Waals surface area contributed by atoms with Gasteiger partial charge in [-0.05, 0) is 68.5 Å². The molecule has 3 rings (SSSR count). The number of hydrogen-bond donors (Lipinski definition) is 1. The van der Waals surface area contributed by atoms with Crippen LogP contribution in [0.3, 0.4) is 0 Å². The normalized spacial score (nSPS) is 22.3. The highest BCUT2D eigenvalue weighted by molar-refractivity contribution is 5.94. The highest BCUT2D eigenvalue weighted by Gasteiger charge is 2.33. The molecule has 2 aliphatic heterocycles. The SMILES string of the molecule is COc1ccc(C(=O)N2CC[C@@H](CC(=O)O)[C@H](CCN3CCCN(C(C)=O)CC3)C2)cc1. The number of amides is 2. The Balaban J connectivity index is 1.61. The maximum Gasteiger partial charge on any atom is 0.303 e. The molecule has 0 aliphatic carbocycles. The second-order valence-corrected chi connectivity index (χ2v) is 8.88. The van der Waals surface area contributed by atoms with E-state index in [0.717, 1.165) is 45.6 Å². The molecule has 2 amide bonds. The summed E-state index contributed by atoms with van der Waals surface area (Å²) in [5.74, 6) is 0.260. The monoisotopic (exact) mass is 445 g/mol. The van der Waals surface area contributed by atoms with Crippen LogP contribution in [-0.4, -0.2) is 90.5 Å². The van der Waals surface area contributed by atoms with Crippen molar-refractivity contribution in [1.29, 1.82) is 0 Å². The molecule has 32 heavy (non-hydrogen) atoms. The summed E-state index contributed by atoms with van der Waals surface area (Å²) in [6.07, 6.45) is 2.65. The zero-order chi connectivity index (χ0) is 23.1. The van der Waals surface area contributed by atoms with Crippen molar-refractivity contribution in [2.45, 2.75) is 32.6 Å². The molecule has 1 aromatic carbocycles. The fraction of sp³-hybridized carbons (Fsp3) is 0.625. The average molecular weight is 446 g/mol. The Morgan fingerprint density at radius 1 is 1.00 bits per heavy atom. The summed E-state index contributed by atoms with van der Waals surface area (Å²) < 4.78 is 5.17. The Morgan fingerprint density at radius 2 is 1.75 bits per heavy atom. The van der Waals surface area contributed by atoms with Crippen LogP contribution in [0.1, 0.15) is 43.0 Å². The van der Waals surface area contributed by atoms with Crippen molar-refractivity contribution in [2.24, 2.45) is 11.8 Å². The summed E-state index contributed by atoms with van der Waals surface area (Å²) >= 11 is 0. The van der Waals surface area contributed by atoms with Crippen molar-refractivity contribution in [3.8, 4) is 5.75 Å². The zero-order valence-corrected chi connectivity index (χ0v) is 19.2. The zero-order valence-electron chi connectivity index (χ0n) is 19.2. The molecule has 0 aromatic heterocycles. The number of carbonyl (C=O) groups is 3. The van der Waals surface area contributed by atoms with E-state index in [9.17, 15) is 19.5 Å². The maximum atomic E-state index is 13.0. The lowest BCUT2D eigenvalue weighted by molar-refractivity contribution is -0.139. The molecule has 2 aliphatic rings. The first-order chi connectivity index (χ1) is 15.4. The number of rotatable bonds is 7. The van der Waals surface area contributed by atoms with E-state index in [0.29, 0.717) is 30.8 Å². The van der Waals surface area contributed by atoms with Gasteiger partial charge in [-0.15, -0.1) is 0 Å². The largest absolute Gasteiger partial charge is 0.497 e. The molecule has 0 bridgehead atoms. The minimum absolute atomic E-state index is 0.0155. The van der Waals surface area contributed by atoms with E-state index in [1.54, 1.807) is 38.3 Å². The molecule has 0 unspecified atom stereocenters. The van der Waals surface area contributed by atoms with Gasteiger partial charge in [0.25, 0.3) is 5.91 Å². The van der Waals surface area contributed by atoms with Crippen LogP contribution in [-0.2, 0) is 9.59 Å². The van der Waals surface area contributed by atoms with Crippen LogP contribution in [0.4, 0.5) is 0 Å². The lowest BCUT2D eigenvalue weighted by Crippen LogP contribution is -2.45. The van der Waals surface area contributed by atoms with Crippen LogP contribution in [0.15, 0.2) is 24.3 Å². The third-order valence-corrected chi connectivity index (χ3v) is 6.80. The molecule has 2 saturated heterocycles. The van der Waals surface area contributed by atoms with Gasteiger partial charge in [0.15, 0.2) is 0 Å². The average Bonchev–Trinajstić information content (AvgIpc) is 3.03. The van der Waals surface area contributed by atoms with Crippen molar-refractivity contribution in [2.75, 3.05) is 52.9 Å². The smallest absolute Gasteiger partial charge is 0.303 e. The third-order valence-electron chi connectivity index (χ3n) is 6.80. The number of piperidine rings is 1. The Hall–Kier alpha value is -2.61. The van der Waals surface area contributed by atoms with Crippen molar-refractivity contribution in [3.63, 3.8) is 0 Å². The Morgan fingerprint density at radius 3 is 2.41 bits per heavy atom. The van der Waals surface area contributed by atoms with Gasteiger partial charge in [0.05, 0.1) is 7.11 Å². The molecule has 1 N–H and O–H groups in total. The maximum absolute atomic E-state index is 13.0. The molecular formula is C24H35N3O5. The van der Waals surface area contributed by atoms with Crippen molar-refractivity contribution >= 4 is 17.8 Å². The van der Waals surface area contributed by atoms with Gasteiger partial charge in [0.1, 0.15) is 5.75 Å². The Kier molecular flexibility index (Phi) is 8.50. The molecule has 2 fully saturated rings. The molecule has 8 nitrogen and oxygen atoms in total. The molecule has 0 spiro atoms. The van der Waals surface area contributed by atoms with Gasteiger partial charge in [0.2, 0.25) is 5.91 Å². The topological polar surface area (TPSA) is 90.4 Å². The van der Waals surface area contributed by atoms with Crippen LogP contribution in [0.5, 0.6) is 5.75 Å². The number of carbonyl (C=O) groups excluding carboxylic acids is 2. The predicted molar refractivity (Wildman–Crippen MR) is 121 cm³/mol. The van der Waals surface area contributed by atoms with Crippen molar-refractivity contribution < 1.29 is 24.2 Å². The number of aliphatic carboxylic acids is 1.